The number of pyridine rings is 1. The first-order valence-electron chi connectivity index (χ1n) is 5.81. The molecule has 0 amide bonds. The van der Waals surface area contributed by atoms with E-state index in [1.165, 1.54) is 12.3 Å². The van der Waals surface area contributed by atoms with E-state index in [2.05, 4.69) is 4.98 Å². The molecule has 19 heavy (non-hydrogen) atoms. The molecule has 0 atom stereocenters. The molecule has 1 heterocycles. The lowest BCUT2D eigenvalue weighted by atomic mass is 9.95. The van der Waals surface area contributed by atoms with Crippen molar-refractivity contribution in [3.05, 3.63) is 64.5 Å². The van der Waals surface area contributed by atoms with E-state index in [1.807, 2.05) is 19.9 Å². The van der Waals surface area contributed by atoms with E-state index in [4.69, 9.17) is 5.11 Å². The lowest BCUT2D eigenvalue weighted by Crippen LogP contribution is -2.12. The maximum atomic E-state index is 12.4. The Bertz CT molecular complexity index is 662. The van der Waals surface area contributed by atoms with E-state index in [1.54, 1.807) is 18.2 Å². The fraction of sp³-hybridized carbons (Fsp3) is 0.133. The first-order chi connectivity index (χ1) is 9.02. The third kappa shape index (κ3) is 2.38. The SMILES string of the molecule is Cc1cccc(C(=O)c2cccnc2C(=O)O)c1C. The number of carboxylic acids is 1. The van der Waals surface area contributed by atoms with Crippen LogP contribution in [-0.4, -0.2) is 21.8 Å². The molecular weight excluding hydrogens is 242 g/mol. The predicted octanol–water partition coefficient (Wildman–Crippen LogP) is 2.63. The standard InChI is InChI=1S/C15H13NO3/c1-9-5-3-6-11(10(9)2)14(17)12-7-4-8-16-13(12)15(18)19/h3-8H,1-2H3,(H,18,19). The number of rotatable bonds is 3. The molecule has 0 unspecified atom stereocenters. The lowest BCUT2D eigenvalue weighted by molar-refractivity contribution is 0.0686. The molecule has 96 valence electrons. The number of ketones is 1. The van der Waals surface area contributed by atoms with Crippen molar-refractivity contribution >= 4 is 11.8 Å². The highest BCUT2D eigenvalue weighted by molar-refractivity contribution is 6.14. The quantitative estimate of drug-likeness (QED) is 0.856. The van der Waals surface area contributed by atoms with Crippen molar-refractivity contribution in [3.63, 3.8) is 0 Å². The number of aromatic nitrogens is 1. The highest BCUT2D eigenvalue weighted by atomic mass is 16.4. The van der Waals surface area contributed by atoms with E-state index in [0.717, 1.165) is 11.1 Å². The Labute approximate surface area is 110 Å². The fourth-order valence-electron chi connectivity index (χ4n) is 1.90. The van der Waals surface area contributed by atoms with E-state index >= 15 is 0 Å². The van der Waals surface area contributed by atoms with Gasteiger partial charge in [0.05, 0.1) is 5.56 Å². The largest absolute Gasteiger partial charge is 0.476 e. The summed E-state index contributed by atoms with van der Waals surface area (Å²) in [6.45, 7) is 3.76. The highest BCUT2D eigenvalue weighted by Gasteiger charge is 2.20. The smallest absolute Gasteiger partial charge is 0.355 e. The normalized spacial score (nSPS) is 10.2. The molecule has 0 spiro atoms. The number of aryl methyl sites for hydroxylation is 1. The number of carboxylic acid groups (broad SMARTS) is 1. The van der Waals surface area contributed by atoms with Gasteiger partial charge in [0.1, 0.15) is 0 Å². The molecular formula is C15H13NO3. The molecule has 0 saturated heterocycles. The van der Waals surface area contributed by atoms with Crippen molar-refractivity contribution in [1.82, 2.24) is 4.98 Å². The van der Waals surface area contributed by atoms with Crippen molar-refractivity contribution in [3.8, 4) is 0 Å². The Balaban J connectivity index is 2.57. The number of hydrogen-bond donors (Lipinski definition) is 1. The van der Waals surface area contributed by atoms with Crippen LogP contribution in [0.25, 0.3) is 0 Å². The van der Waals surface area contributed by atoms with Gasteiger partial charge in [0.25, 0.3) is 0 Å². The number of carbonyl (C=O) groups is 2. The van der Waals surface area contributed by atoms with Gasteiger partial charge in [0, 0.05) is 11.8 Å². The number of benzene rings is 1. The maximum absolute atomic E-state index is 12.4. The molecule has 2 aromatic rings. The van der Waals surface area contributed by atoms with Gasteiger partial charge < -0.3 is 5.11 Å². The van der Waals surface area contributed by atoms with E-state index in [9.17, 15) is 9.59 Å². The average Bonchev–Trinajstić information content (AvgIpc) is 2.41. The molecule has 2 rings (SSSR count). The zero-order valence-electron chi connectivity index (χ0n) is 10.7. The monoisotopic (exact) mass is 255 g/mol. The number of hydrogen-bond acceptors (Lipinski definition) is 3. The second kappa shape index (κ2) is 5.02. The Morgan fingerprint density at radius 2 is 1.74 bits per heavy atom. The van der Waals surface area contributed by atoms with Crippen LogP contribution >= 0.6 is 0 Å². The molecule has 0 bridgehead atoms. The summed E-state index contributed by atoms with van der Waals surface area (Å²) in [6.07, 6.45) is 1.36. The summed E-state index contributed by atoms with van der Waals surface area (Å²) >= 11 is 0. The summed E-state index contributed by atoms with van der Waals surface area (Å²) in [5, 5.41) is 9.07. The lowest BCUT2D eigenvalue weighted by Gasteiger charge is -2.08. The third-order valence-corrected chi connectivity index (χ3v) is 3.10. The molecule has 0 aliphatic carbocycles. The molecule has 4 heteroatoms. The minimum Gasteiger partial charge on any atom is -0.476 e. The summed E-state index contributed by atoms with van der Waals surface area (Å²) in [5.41, 5.74) is 2.26. The first kappa shape index (κ1) is 13.0. The molecule has 0 radical (unpaired) electrons. The maximum Gasteiger partial charge on any atom is 0.355 e. The molecule has 1 N–H and O–H groups in total. The van der Waals surface area contributed by atoms with Crippen molar-refractivity contribution < 1.29 is 14.7 Å². The van der Waals surface area contributed by atoms with E-state index in [-0.39, 0.29) is 17.0 Å². The van der Waals surface area contributed by atoms with Gasteiger partial charge in [-0.15, -0.1) is 0 Å². The molecule has 0 aliphatic rings. The number of aromatic carboxylic acids is 1. The third-order valence-electron chi connectivity index (χ3n) is 3.10. The van der Waals surface area contributed by atoms with Gasteiger partial charge in [-0.3, -0.25) is 4.79 Å². The fourth-order valence-corrected chi connectivity index (χ4v) is 1.90. The van der Waals surface area contributed by atoms with Crippen LogP contribution in [0.15, 0.2) is 36.5 Å². The number of carbonyl (C=O) groups excluding carboxylic acids is 1. The molecule has 0 saturated carbocycles. The van der Waals surface area contributed by atoms with Crippen molar-refractivity contribution in [2.45, 2.75) is 13.8 Å². The molecule has 1 aromatic carbocycles. The van der Waals surface area contributed by atoms with Gasteiger partial charge >= 0.3 is 5.97 Å². The molecule has 1 aromatic heterocycles. The van der Waals surface area contributed by atoms with Crippen molar-refractivity contribution in [2.24, 2.45) is 0 Å². The van der Waals surface area contributed by atoms with Gasteiger partial charge in [-0.05, 0) is 37.1 Å². The van der Waals surface area contributed by atoms with Crippen molar-refractivity contribution in [2.75, 3.05) is 0 Å². The molecule has 0 aliphatic heterocycles. The topological polar surface area (TPSA) is 67.3 Å². The zero-order valence-corrected chi connectivity index (χ0v) is 10.7. The summed E-state index contributed by atoms with van der Waals surface area (Å²) in [4.78, 5) is 27.3. The average molecular weight is 255 g/mol. The minimum atomic E-state index is -1.20. The van der Waals surface area contributed by atoms with Crippen molar-refractivity contribution in [1.29, 1.82) is 0 Å². The number of nitrogens with zero attached hydrogens (tertiary/aromatic N) is 1. The van der Waals surface area contributed by atoms with Crippen LogP contribution in [0.5, 0.6) is 0 Å². The van der Waals surface area contributed by atoms with Gasteiger partial charge in [-0.2, -0.15) is 0 Å². The van der Waals surface area contributed by atoms with E-state index in [0.29, 0.717) is 5.56 Å². The van der Waals surface area contributed by atoms with Gasteiger partial charge in [-0.25, -0.2) is 9.78 Å². The van der Waals surface area contributed by atoms with Crippen LogP contribution < -0.4 is 0 Å². The van der Waals surface area contributed by atoms with Gasteiger partial charge in [0.2, 0.25) is 0 Å². The van der Waals surface area contributed by atoms with Gasteiger partial charge in [-0.1, -0.05) is 18.2 Å². The second-order valence-electron chi connectivity index (χ2n) is 4.28. The Morgan fingerprint density at radius 3 is 2.42 bits per heavy atom. The van der Waals surface area contributed by atoms with Crippen LogP contribution in [0, 0.1) is 13.8 Å². The van der Waals surface area contributed by atoms with Crippen LogP contribution in [0.2, 0.25) is 0 Å². The minimum absolute atomic E-state index is 0.115. The second-order valence-corrected chi connectivity index (χ2v) is 4.28. The highest BCUT2D eigenvalue weighted by Crippen LogP contribution is 2.18. The summed E-state index contributed by atoms with van der Waals surface area (Å²) < 4.78 is 0. The Kier molecular flexibility index (Phi) is 3.42. The van der Waals surface area contributed by atoms with Crippen LogP contribution in [0.3, 0.4) is 0 Å². The zero-order chi connectivity index (χ0) is 14.0. The first-order valence-corrected chi connectivity index (χ1v) is 5.81. The van der Waals surface area contributed by atoms with Crippen LogP contribution in [-0.2, 0) is 0 Å². The summed E-state index contributed by atoms with van der Waals surface area (Å²) in [6, 6.07) is 8.44. The summed E-state index contributed by atoms with van der Waals surface area (Å²) in [7, 11) is 0. The Morgan fingerprint density at radius 1 is 1.05 bits per heavy atom. The van der Waals surface area contributed by atoms with Crippen LogP contribution in [0.4, 0.5) is 0 Å². The van der Waals surface area contributed by atoms with Crippen LogP contribution in [0.1, 0.15) is 37.5 Å². The Hall–Kier alpha value is -2.49. The summed E-state index contributed by atoms with van der Waals surface area (Å²) in [5.74, 6) is -1.51. The van der Waals surface area contributed by atoms with E-state index < -0.39 is 5.97 Å². The predicted molar refractivity (Wildman–Crippen MR) is 70.5 cm³/mol. The molecule has 4 nitrogen and oxygen atoms in total. The van der Waals surface area contributed by atoms with Gasteiger partial charge in [0.15, 0.2) is 11.5 Å². The molecule has 0 fully saturated rings.